The molecule has 0 saturated carbocycles. The van der Waals surface area contributed by atoms with Crippen molar-refractivity contribution in [2.45, 2.75) is 13.3 Å². The van der Waals surface area contributed by atoms with E-state index in [2.05, 4.69) is 5.32 Å². The molecule has 1 amide bonds. The second-order valence-corrected chi connectivity index (χ2v) is 5.46. The van der Waals surface area contributed by atoms with Gasteiger partial charge >= 0.3 is 0 Å². The molecule has 118 valence electrons. The predicted molar refractivity (Wildman–Crippen MR) is 87.2 cm³/mol. The van der Waals surface area contributed by atoms with Gasteiger partial charge in [0.25, 0.3) is 0 Å². The zero-order valence-electron chi connectivity index (χ0n) is 12.3. The highest BCUT2D eigenvalue weighted by atomic mass is 35.5. The van der Waals surface area contributed by atoms with Crippen LogP contribution >= 0.6 is 23.2 Å². The van der Waals surface area contributed by atoms with Crippen LogP contribution in [0.15, 0.2) is 18.3 Å². The molecule has 2 rings (SSSR count). The summed E-state index contributed by atoms with van der Waals surface area (Å²) in [5.41, 5.74) is 1.59. The standard InChI is InChI=1S/C15H16Cl2N2O3/c1-9(20)18-4-3-10-8-19(15(21)7-16)13-6-12(17)14(22-2)5-11(10)13/h5-6,8H,3-4,7H2,1-2H3,(H,18,20). The van der Waals surface area contributed by atoms with Crippen molar-refractivity contribution in [3.8, 4) is 5.75 Å². The van der Waals surface area contributed by atoms with E-state index in [1.807, 2.05) is 0 Å². The number of carbonyl (C=O) groups excluding carboxylic acids is 2. The summed E-state index contributed by atoms with van der Waals surface area (Å²) in [7, 11) is 1.53. The molecule has 0 fully saturated rings. The monoisotopic (exact) mass is 342 g/mol. The van der Waals surface area contributed by atoms with Gasteiger partial charge in [-0.1, -0.05) is 11.6 Å². The van der Waals surface area contributed by atoms with Crippen LogP contribution in [0.2, 0.25) is 5.02 Å². The molecule has 1 aromatic carbocycles. The van der Waals surface area contributed by atoms with Crippen molar-refractivity contribution >= 4 is 45.9 Å². The number of hydrogen-bond donors (Lipinski definition) is 1. The number of alkyl halides is 1. The number of aromatic nitrogens is 1. The average molecular weight is 343 g/mol. The lowest BCUT2D eigenvalue weighted by atomic mass is 10.1. The number of ether oxygens (including phenoxy) is 1. The van der Waals surface area contributed by atoms with Gasteiger partial charge in [-0.3, -0.25) is 14.2 Å². The Kier molecular flexibility index (Phi) is 5.32. The molecule has 7 heteroatoms. The first-order valence-corrected chi connectivity index (χ1v) is 7.60. The molecule has 1 heterocycles. The molecule has 0 bridgehead atoms. The highest BCUT2D eigenvalue weighted by Gasteiger charge is 2.16. The average Bonchev–Trinajstić information content (AvgIpc) is 2.83. The van der Waals surface area contributed by atoms with Crippen molar-refractivity contribution in [2.75, 3.05) is 19.5 Å². The Balaban J connectivity index is 2.49. The van der Waals surface area contributed by atoms with Crippen LogP contribution in [0.5, 0.6) is 5.75 Å². The molecule has 0 unspecified atom stereocenters. The lowest BCUT2D eigenvalue weighted by molar-refractivity contribution is -0.118. The van der Waals surface area contributed by atoms with E-state index in [4.69, 9.17) is 27.9 Å². The number of nitrogens with zero attached hydrogens (tertiary/aromatic N) is 1. The van der Waals surface area contributed by atoms with Gasteiger partial charge < -0.3 is 10.1 Å². The Labute approximate surface area is 138 Å². The summed E-state index contributed by atoms with van der Waals surface area (Å²) >= 11 is 11.8. The molecule has 0 radical (unpaired) electrons. The summed E-state index contributed by atoms with van der Waals surface area (Å²) in [5, 5.41) is 4.01. The number of benzene rings is 1. The van der Waals surface area contributed by atoms with Crippen molar-refractivity contribution in [1.29, 1.82) is 0 Å². The quantitative estimate of drug-likeness (QED) is 0.850. The van der Waals surface area contributed by atoms with Crippen LogP contribution in [-0.4, -0.2) is 35.9 Å². The first kappa shape index (κ1) is 16.6. The minimum absolute atomic E-state index is 0.0961. The van der Waals surface area contributed by atoms with Gasteiger partial charge in [-0.25, -0.2) is 0 Å². The van der Waals surface area contributed by atoms with Crippen LogP contribution in [0.4, 0.5) is 0 Å². The molecule has 22 heavy (non-hydrogen) atoms. The Hall–Kier alpha value is -1.72. The van der Waals surface area contributed by atoms with Gasteiger partial charge in [0, 0.05) is 25.1 Å². The van der Waals surface area contributed by atoms with Crippen molar-refractivity contribution < 1.29 is 14.3 Å². The molecular weight excluding hydrogens is 327 g/mol. The molecule has 0 aliphatic heterocycles. The maximum absolute atomic E-state index is 12.0. The maximum atomic E-state index is 12.0. The van der Waals surface area contributed by atoms with Crippen LogP contribution in [0.3, 0.4) is 0 Å². The summed E-state index contributed by atoms with van der Waals surface area (Å²) < 4.78 is 6.71. The lowest BCUT2D eigenvalue weighted by Crippen LogP contribution is -2.22. The van der Waals surface area contributed by atoms with E-state index in [1.165, 1.54) is 18.6 Å². The second-order valence-electron chi connectivity index (χ2n) is 4.79. The summed E-state index contributed by atoms with van der Waals surface area (Å²) in [6.45, 7) is 1.94. The van der Waals surface area contributed by atoms with Crippen molar-refractivity contribution in [1.82, 2.24) is 9.88 Å². The largest absolute Gasteiger partial charge is 0.495 e. The van der Waals surface area contributed by atoms with Gasteiger partial charge in [0.2, 0.25) is 11.8 Å². The lowest BCUT2D eigenvalue weighted by Gasteiger charge is -2.06. The number of hydrogen-bond acceptors (Lipinski definition) is 3. The predicted octanol–water partition coefficient (Wildman–Crippen LogP) is 2.86. The van der Waals surface area contributed by atoms with E-state index < -0.39 is 0 Å². The molecule has 0 saturated heterocycles. The minimum atomic E-state index is -0.237. The Morgan fingerprint density at radius 3 is 2.68 bits per heavy atom. The summed E-state index contributed by atoms with van der Waals surface area (Å²) in [5.74, 6) is 0.0735. The van der Waals surface area contributed by atoms with Gasteiger partial charge in [0.05, 0.1) is 17.6 Å². The summed E-state index contributed by atoms with van der Waals surface area (Å²) in [6.07, 6.45) is 2.32. The van der Waals surface area contributed by atoms with Gasteiger partial charge in [-0.05, 0) is 24.1 Å². The molecule has 0 aliphatic rings. The SMILES string of the molecule is COc1cc2c(CCNC(C)=O)cn(C(=O)CCl)c2cc1Cl. The third-order valence-corrected chi connectivity index (χ3v) is 3.84. The summed E-state index contributed by atoms with van der Waals surface area (Å²) in [6, 6.07) is 3.47. The van der Waals surface area contributed by atoms with Crippen LogP contribution < -0.4 is 10.1 Å². The van der Waals surface area contributed by atoms with Crippen LogP contribution in [0.25, 0.3) is 10.9 Å². The van der Waals surface area contributed by atoms with Crippen LogP contribution in [0.1, 0.15) is 17.3 Å². The number of halogens is 2. The van der Waals surface area contributed by atoms with Crippen LogP contribution in [0, 0.1) is 0 Å². The minimum Gasteiger partial charge on any atom is -0.495 e. The van der Waals surface area contributed by atoms with Crippen molar-refractivity contribution in [2.24, 2.45) is 0 Å². The number of nitrogens with one attached hydrogen (secondary N) is 1. The van der Waals surface area contributed by atoms with E-state index in [0.29, 0.717) is 29.3 Å². The number of carbonyl (C=O) groups is 2. The fourth-order valence-corrected chi connectivity index (χ4v) is 2.66. The topological polar surface area (TPSA) is 60.3 Å². The zero-order valence-corrected chi connectivity index (χ0v) is 13.8. The van der Waals surface area contributed by atoms with Crippen molar-refractivity contribution in [3.05, 3.63) is 28.9 Å². The molecule has 1 aromatic heterocycles. The van der Waals surface area contributed by atoms with E-state index in [9.17, 15) is 9.59 Å². The molecule has 0 atom stereocenters. The number of rotatable bonds is 5. The highest BCUT2D eigenvalue weighted by Crippen LogP contribution is 2.33. The number of methoxy groups -OCH3 is 1. The smallest absolute Gasteiger partial charge is 0.245 e. The van der Waals surface area contributed by atoms with E-state index >= 15 is 0 Å². The highest BCUT2D eigenvalue weighted by molar-refractivity contribution is 6.33. The molecule has 0 aliphatic carbocycles. The third kappa shape index (κ3) is 3.36. The maximum Gasteiger partial charge on any atom is 0.245 e. The second kappa shape index (κ2) is 7.03. The first-order chi connectivity index (χ1) is 10.5. The Bertz CT molecular complexity index is 725. The van der Waals surface area contributed by atoms with E-state index in [1.54, 1.807) is 18.3 Å². The fraction of sp³-hybridized carbons (Fsp3) is 0.333. The fourth-order valence-electron chi connectivity index (χ4n) is 2.29. The van der Waals surface area contributed by atoms with Crippen molar-refractivity contribution in [3.63, 3.8) is 0 Å². The van der Waals surface area contributed by atoms with E-state index in [-0.39, 0.29) is 17.7 Å². The third-order valence-electron chi connectivity index (χ3n) is 3.31. The Morgan fingerprint density at radius 2 is 2.09 bits per heavy atom. The number of amides is 1. The molecule has 2 aromatic rings. The summed E-state index contributed by atoms with van der Waals surface area (Å²) in [4.78, 5) is 23.0. The molecular formula is C15H16Cl2N2O3. The van der Waals surface area contributed by atoms with Gasteiger partial charge in [0.15, 0.2) is 0 Å². The van der Waals surface area contributed by atoms with Crippen LogP contribution in [-0.2, 0) is 11.2 Å². The molecule has 5 nitrogen and oxygen atoms in total. The molecule has 1 N–H and O–H groups in total. The number of fused-ring (bicyclic) bond motifs is 1. The zero-order chi connectivity index (χ0) is 16.3. The Morgan fingerprint density at radius 1 is 1.36 bits per heavy atom. The van der Waals surface area contributed by atoms with Gasteiger partial charge in [0.1, 0.15) is 11.6 Å². The van der Waals surface area contributed by atoms with E-state index in [0.717, 1.165) is 10.9 Å². The first-order valence-electron chi connectivity index (χ1n) is 6.69. The normalized spacial score (nSPS) is 10.7. The van der Waals surface area contributed by atoms with Gasteiger partial charge in [-0.15, -0.1) is 11.6 Å². The molecule has 0 spiro atoms. The van der Waals surface area contributed by atoms with Gasteiger partial charge in [-0.2, -0.15) is 0 Å².